The summed E-state index contributed by atoms with van der Waals surface area (Å²) in [6, 6.07) is 3.00. The van der Waals surface area contributed by atoms with Gasteiger partial charge in [0, 0.05) is 5.56 Å². The third-order valence-corrected chi connectivity index (χ3v) is 3.42. The number of ether oxygens (including phenoxy) is 2. The standard InChI is InChI=1S/C14H18BrNO6/c1-4-22-11-9(15)5-8(6-10(11)21-3)12(17)16-7-14(2,20)13(18)19/h5-6,20H,4,7H2,1-3H3,(H,16,17)(H,18,19). The van der Waals surface area contributed by atoms with Gasteiger partial charge in [-0.15, -0.1) is 0 Å². The van der Waals surface area contributed by atoms with Gasteiger partial charge in [-0.1, -0.05) is 0 Å². The molecule has 0 aromatic heterocycles. The molecule has 1 aromatic carbocycles. The fraction of sp³-hybridized carbons (Fsp3) is 0.429. The van der Waals surface area contributed by atoms with Crippen LogP contribution >= 0.6 is 15.9 Å². The number of amides is 1. The fourth-order valence-corrected chi connectivity index (χ4v) is 2.12. The van der Waals surface area contributed by atoms with E-state index in [9.17, 15) is 14.7 Å². The Kier molecular flexibility index (Phi) is 6.19. The van der Waals surface area contributed by atoms with Gasteiger partial charge in [0.1, 0.15) is 0 Å². The lowest BCUT2D eigenvalue weighted by molar-refractivity contribution is -0.155. The second kappa shape index (κ2) is 7.46. The van der Waals surface area contributed by atoms with E-state index in [-0.39, 0.29) is 5.56 Å². The van der Waals surface area contributed by atoms with Gasteiger partial charge in [0.05, 0.1) is 24.7 Å². The number of benzene rings is 1. The van der Waals surface area contributed by atoms with E-state index in [0.29, 0.717) is 22.6 Å². The second-order valence-corrected chi connectivity index (χ2v) is 5.54. The van der Waals surface area contributed by atoms with Gasteiger partial charge in [0.2, 0.25) is 0 Å². The molecule has 0 saturated heterocycles. The highest BCUT2D eigenvalue weighted by Gasteiger charge is 2.30. The van der Waals surface area contributed by atoms with Crippen molar-refractivity contribution in [3.63, 3.8) is 0 Å². The minimum Gasteiger partial charge on any atom is -0.493 e. The molecular weight excluding hydrogens is 358 g/mol. The zero-order chi connectivity index (χ0) is 16.9. The highest BCUT2D eigenvalue weighted by atomic mass is 79.9. The van der Waals surface area contributed by atoms with E-state index in [1.807, 2.05) is 6.92 Å². The molecule has 1 rings (SSSR count). The van der Waals surface area contributed by atoms with Gasteiger partial charge >= 0.3 is 5.97 Å². The Hall–Kier alpha value is -1.80. The fourth-order valence-electron chi connectivity index (χ4n) is 1.57. The maximum Gasteiger partial charge on any atom is 0.337 e. The van der Waals surface area contributed by atoms with Crippen molar-refractivity contribution < 1.29 is 29.3 Å². The van der Waals surface area contributed by atoms with E-state index in [2.05, 4.69) is 21.2 Å². The number of hydrogen-bond donors (Lipinski definition) is 3. The lowest BCUT2D eigenvalue weighted by atomic mass is 10.1. The quantitative estimate of drug-likeness (QED) is 0.665. The van der Waals surface area contributed by atoms with Gasteiger partial charge in [-0.3, -0.25) is 4.79 Å². The van der Waals surface area contributed by atoms with E-state index in [1.165, 1.54) is 19.2 Å². The lowest BCUT2D eigenvalue weighted by Crippen LogP contribution is -2.46. The van der Waals surface area contributed by atoms with Crippen LogP contribution in [0.2, 0.25) is 0 Å². The summed E-state index contributed by atoms with van der Waals surface area (Å²) in [7, 11) is 1.45. The van der Waals surface area contributed by atoms with E-state index >= 15 is 0 Å². The number of aliphatic carboxylic acids is 1. The predicted molar refractivity (Wildman–Crippen MR) is 82.5 cm³/mol. The molecule has 0 aliphatic rings. The number of nitrogens with one attached hydrogen (secondary N) is 1. The average Bonchev–Trinajstić information content (AvgIpc) is 2.46. The number of hydrogen-bond acceptors (Lipinski definition) is 5. The monoisotopic (exact) mass is 375 g/mol. The Bertz CT molecular complexity index is 573. The van der Waals surface area contributed by atoms with E-state index < -0.39 is 24.0 Å². The third kappa shape index (κ3) is 4.35. The van der Waals surface area contributed by atoms with Crippen LogP contribution in [0.25, 0.3) is 0 Å². The van der Waals surface area contributed by atoms with Crippen LogP contribution in [0.5, 0.6) is 11.5 Å². The molecule has 0 aliphatic heterocycles. The summed E-state index contributed by atoms with van der Waals surface area (Å²) in [5.74, 6) is -1.12. The van der Waals surface area contributed by atoms with Gasteiger partial charge in [0.15, 0.2) is 17.1 Å². The smallest absolute Gasteiger partial charge is 0.337 e. The number of methoxy groups -OCH3 is 1. The molecule has 1 aromatic rings. The Morgan fingerprint density at radius 3 is 2.55 bits per heavy atom. The summed E-state index contributed by atoms with van der Waals surface area (Å²) in [6.07, 6.45) is 0. The molecular formula is C14H18BrNO6. The van der Waals surface area contributed by atoms with E-state index in [1.54, 1.807) is 0 Å². The summed E-state index contributed by atoms with van der Waals surface area (Å²) in [6.45, 7) is 2.93. The Morgan fingerprint density at radius 1 is 1.41 bits per heavy atom. The minimum atomic E-state index is -2.04. The Balaban J connectivity index is 2.95. The van der Waals surface area contributed by atoms with Crippen molar-refractivity contribution in [3.8, 4) is 11.5 Å². The highest BCUT2D eigenvalue weighted by Crippen LogP contribution is 2.36. The van der Waals surface area contributed by atoms with Crippen molar-refractivity contribution in [2.24, 2.45) is 0 Å². The second-order valence-electron chi connectivity index (χ2n) is 4.68. The Morgan fingerprint density at radius 2 is 2.05 bits per heavy atom. The molecule has 0 aliphatic carbocycles. The van der Waals surface area contributed by atoms with E-state index in [4.69, 9.17) is 14.6 Å². The minimum absolute atomic E-state index is 0.244. The zero-order valence-corrected chi connectivity index (χ0v) is 14.1. The van der Waals surface area contributed by atoms with Gasteiger partial charge in [-0.2, -0.15) is 0 Å². The molecule has 122 valence electrons. The van der Waals surface area contributed by atoms with Crippen molar-refractivity contribution in [3.05, 3.63) is 22.2 Å². The number of carbonyl (C=O) groups is 2. The molecule has 0 radical (unpaired) electrons. The normalized spacial score (nSPS) is 13.1. The summed E-state index contributed by atoms with van der Waals surface area (Å²) in [4.78, 5) is 22.9. The summed E-state index contributed by atoms with van der Waals surface area (Å²) < 4.78 is 11.1. The van der Waals surface area contributed by atoms with Crippen LogP contribution in [0.3, 0.4) is 0 Å². The first-order valence-electron chi connectivity index (χ1n) is 6.47. The van der Waals surface area contributed by atoms with Crippen molar-refractivity contribution in [2.75, 3.05) is 20.3 Å². The maximum absolute atomic E-state index is 12.1. The molecule has 3 N–H and O–H groups in total. The summed E-state index contributed by atoms with van der Waals surface area (Å²) in [5, 5.41) is 20.8. The number of rotatable bonds is 7. The summed E-state index contributed by atoms with van der Waals surface area (Å²) in [5.41, 5.74) is -1.80. The molecule has 0 saturated carbocycles. The van der Waals surface area contributed by atoms with Crippen LogP contribution in [0, 0.1) is 0 Å². The van der Waals surface area contributed by atoms with Crippen molar-refractivity contribution in [1.82, 2.24) is 5.32 Å². The van der Waals surface area contributed by atoms with Gasteiger partial charge < -0.3 is 25.0 Å². The number of carboxylic acid groups (broad SMARTS) is 1. The SMILES string of the molecule is CCOc1c(Br)cc(C(=O)NCC(C)(O)C(=O)O)cc1OC. The zero-order valence-electron chi connectivity index (χ0n) is 12.5. The van der Waals surface area contributed by atoms with Crippen LogP contribution in [0.1, 0.15) is 24.2 Å². The number of aliphatic hydroxyl groups is 1. The molecule has 8 heteroatoms. The van der Waals surface area contributed by atoms with Gasteiger partial charge in [-0.25, -0.2) is 4.79 Å². The number of carboxylic acids is 1. The number of carbonyl (C=O) groups excluding carboxylic acids is 1. The molecule has 7 nitrogen and oxygen atoms in total. The lowest BCUT2D eigenvalue weighted by Gasteiger charge is -2.19. The molecule has 0 heterocycles. The van der Waals surface area contributed by atoms with E-state index in [0.717, 1.165) is 6.92 Å². The topological polar surface area (TPSA) is 105 Å². The van der Waals surface area contributed by atoms with Crippen molar-refractivity contribution >= 4 is 27.8 Å². The van der Waals surface area contributed by atoms with Gasteiger partial charge in [0.25, 0.3) is 5.91 Å². The third-order valence-electron chi connectivity index (χ3n) is 2.83. The molecule has 1 atom stereocenters. The Labute approximate surface area is 136 Å². The van der Waals surface area contributed by atoms with Crippen LogP contribution in [0.4, 0.5) is 0 Å². The van der Waals surface area contributed by atoms with Crippen molar-refractivity contribution in [2.45, 2.75) is 19.4 Å². The largest absolute Gasteiger partial charge is 0.493 e. The molecule has 1 amide bonds. The predicted octanol–water partition coefficient (Wildman–Crippen LogP) is 1.42. The molecule has 0 fully saturated rings. The average molecular weight is 376 g/mol. The first-order chi connectivity index (χ1) is 10.2. The van der Waals surface area contributed by atoms with Crippen LogP contribution < -0.4 is 14.8 Å². The molecule has 1 unspecified atom stereocenters. The van der Waals surface area contributed by atoms with Crippen LogP contribution in [0.15, 0.2) is 16.6 Å². The van der Waals surface area contributed by atoms with Gasteiger partial charge in [-0.05, 0) is 41.9 Å². The van der Waals surface area contributed by atoms with Crippen molar-refractivity contribution in [1.29, 1.82) is 0 Å². The first-order valence-corrected chi connectivity index (χ1v) is 7.26. The number of halogens is 1. The first kappa shape index (κ1) is 18.2. The maximum atomic E-state index is 12.1. The highest BCUT2D eigenvalue weighted by molar-refractivity contribution is 9.10. The molecule has 0 spiro atoms. The molecule has 0 bridgehead atoms. The summed E-state index contributed by atoms with van der Waals surface area (Å²) >= 11 is 3.29. The van der Waals surface area contributed by atoms with Crippen LogP contribution in [-0.2, 0) is 4.79 Å². The van der Waals surface area contributed by atoms with Crippen LogP contribution in [-0.4, -0.2) is 48.0 Å². The molecule has 22 heavy (non-hydrogen) atoms.